The number of hydrogen-bond donors (Lipinski definition) is 0. The molecule has 0 aliphatic carbocycles. The Morgan fingerprint density at radius 1 is 1.33 bits per heavy atom. The number of esters is 1. The summed E-state index contributed by atoms with van der Waals surface area (Å²) in [5, 5.41) is 0. The topological polar surface area (TPSA) is 78.9 Å². The maximum Gasteiger partial charge on any atom is 0.346 e. The molecule has 0 fully saturated rings. The van der Waals surface area contributed by atoms with Crippen LogP contribution in [0.15, 0.2) is 24.3 Å². The Labute approximate surface area is 125 Å². The van der Waals surface area contributed by atoms with Crippen LogP contribution in [0.25, 0.3) is 0 Å². The second-order valence-electron chi connectivity index (χ2n) is 4.56. The van der Waals surface area contributed by atoms with Gasteiger partial charge in [-0.05, 0) is 37.5 Å². The molecule has 0 radical (unpaired) electrons. The first-order valence-electron chi connectivity index (χ1n) is 6.49. The predicted octanol–water partition coefficient (Wildman–Crippen LogP) is 1.54. The largest absolute Gasteiger partial charge is 0.479 e. The van der Waals surface area contributed by atoms with Crippen LogP contribution in [0.4, 0.5) is 0 Å². The summed E-state index contributed by atoms with van der Waals surface area (Å²) < 4.78 is 36.4. The van der Waals surface area contributed by atoms with Crippen molar-refractivity contribution in [2.75, 3.05) is 20.0 Å². The van der Waals surface area contributed by atoms with Gasteiger partial charge in [-0.25, -0.2) is 4.79 Å². The van der Waals surface area contributed by atoms with Crippen molar-refractivity contribution in [3.05, 3.63) is 29.8 Å². The van der Waals surface area contributed by atoms with Gasteiger partial charge in [0.05, 0.1) is 20.0 Å². The first-order chi connectivity index (χ1) is 9.81. The van der Waals surface area contributed by atoms with Crippen LogP contribution in [-0.2, 0) is 30.3 Å². The van der Waals surface area contributed by atoms with E-state index in [1.54, 1.807) is 19.1 Å². The van der Waals surface area contributed by atoms with Crippen LogP contribution in [0, 0.1) is 0 Å². The Kier molecular flexibility index (Phi) is 6.64. The van der Waals surface area contributed by atoms with E-state index in [1.807, 2.05) is 12.1 Å². The molecule has 7 heteroatoms. The van der Waals surface area contributed by atoms with E-state index in [9.17, 15) is 13.2 Å². The smallest absolute Gasteiger partial charge is 0.346 e. The standard InChI is InChI=1S/C14H20O6S/c1-11(14(15)18-2)20-13-8-4-6-12(10-13)7-5-9-19-21(3,16)17/h4,6,8,10-11H,5,7,9H2,1-3H3/t11-/m1/s1. The summed E-state index contributed by atoms with van der Waals surface area (Å²) in [6.45, 7) is 1.75. The highest BCUT2D eigenvalue weighted by Gasteiger charge is 2.14. The quantitative estimate of drug-likeness (QED) is 0.411. The fourth-order valence-electron chi connectivity index (χ4n) is 1.68. The monoisotopic (exact) mass is 316 g/mol. The Balaban J connectivity index is 2.50. The van der Waals surface area contributed by atoms with Crippen molar-refractivity contribution in [2.45, 2.75) is 25.9 Å². The van der Waals surface area contributed by atoms with Gasteiger partial charge in [0.15, 0.2) is 6.10 Å². The molecule has 0 heterocycles. The highest BCUT2D eigenvalue weighted by atomic mass is 32.2. The molecule has 0 aliphatic rings. The molecule has 0 saturated carbocycles. The van der Waals surface area contributed by atoms with Gasteiger partial charge in [-0.1, -0.05) is 12.1 Å². The lowest BCUT2D eigenvalue weighted by atomic mass is 10.1. The first kappa shape index (κ1) is 17.5. The maximum absolute atomic E-state index is 11.3. The molecule has 0 amide bonds. The van der Waals surface area contributed by atoms with Crippen LogP contribution in [0.2, 0.25) is 0 Å². The minimum atomic E-state index is -3.39. The minimum absolute atomic E-state index is 0.141. The fourth-order valence-corrected chi connectivity index (χ4v) is 2.10. The molecule has 1 aromatic rings. The van der Waals surface area contributed by atoms with Crippen LogP contribution in [0.5, 0.6) is 5.75 Å². The van der Waals surface area contributed by atoms with E-state index in [2.05, 4.69) is 8.92 Å². The van der Waals surface area contributed by atoms with Crippen molar-refractivity contribution < 1.29 is 26.9 Å². The first-order valence-corrected chi connectivity index (χ1v) is 8.31. The lowest BCUT2D eigenvalue weighted by Crippen LogP contribution is -2.24. The highest BCUT2D eigenvalue weighted by molar-refractivity contribution is 7.85. The van der Waals surface area contributed by atoms with Crippen molar-refractivity contribution in [1.82, 2.24) is 0 Å². The van der Waals surface area contributed by atoms with Crippen molar-refractivity contribution >= 4 is 16.1 Å². The molecule has 0 aromatic heterocycles. The number of benzene rings is 1. The fraction of sp³-hybridized carbons (Fsp3) is 0.500. The molecular formula is C14H20O6S. The molecule has 6 nitrogen and oxygen atoms in total. The van der Waals surface area contributed by atoms with Gasteiger partial charge in [-0.2, -0.15) is 8.42 Å². The van der Waals surface area contributed by atoms with Gasteiger partial charge in [0.1, 0.15) is 5.75 Å². The molecule has 1 atom stereocenters. The second-order valence-corrected chi connectivity index (χ2v) is 6.20. The van der Waals surface area contributed by atoms with Gasteiger partial charge >= 0.3 is 5.97 Å². The molecule has 0 saturated heterocycles. The van der Waals surface area contributed by atoms with E-state index >= 15 is 0 Å². The van der Waals surface area contributed by atoms with Gasteiger partial charge in [0.2, 0.25) is 0 Å². The molecule has 0 spiro atoms. The van der Waals surface area contributed by atoms with Crippen LogP contribution in [0.3, 0.4) is 0 Å². The van der Waals surface area contributed by atoms with Gasteiger partial charge < -0.3 is 9.47 Å². The summed E-state index contributed by atoms with van der Waals surface area (Å²) >= 11 is 0. The van der Waals surface area contributed by atoms with E-state index in [0.717, 1.165) is 11.8 Å². The van der Waals surface area contributed by atoms with E-state index in [0.29, 0.717) is 18.6 Å². The third-order valence-corrected chi connectivity index (χ3v) is 3.25. The Morgan fingerprint density at radius 2 is 2.05 bits per heavy atom. The van der Waals surface area contributed by atoms with Crippen LogP contribution in [-0.4, -0.2) is 40.5 Å². The zero-order chi connectivity index (χ0) is 15.9. The van der Waals surface area contributed by atoms with E-state index in [1.165, 1.54) is 7.11 Å². The van der Waals surface area contributed by atoms with E-state index in [4.69, 9.17) is 4.74 Å². The zero-order valence-electron chi connectivity index (χ0n) is 12.4. The molecule has 21 heavy (non-hydrogen) atoms. The summed E-state index contributed by atoms with van der Waals surface area (Å²) in [6.07, 6.45) is 1.57. The van der Waals surface area contributed by atoms with Crippen LogP contribution < -0.4 is 4.74 Å². The number of aryl methyl sites for hydroxylation is 1. The van der Waals surface area contributed by atoms with Crippen molar-refractivity contribution in [3.63, 3.8) is 0 Å². The molecule has 0 N–H and O–H groups in total. The average Bonchev–Trinajstić information content (AvgIpc) is 2.42. The summed E-state index contributed by atoms with van der Waals surface area (Å²) in [5.41, 5.74) is 0.974. The average molecular weight is 316 g/mol. The summed E-state index contributed by atoms with van der Waals surface area (Å²) in [5.74, 6) is 0.122. The zero-order valence-corrected chi connectivity index (χ0v) is 13.2. The lowest BCUT2D eigenvalue weighted by Gasteiger charge is -2.13. The minimum Gasteiger partial charge on any atom is -0.479 e. The Bertz CT molecular complexity index is 567. The third-order valence-electron chi connectivity index (χ3n) is 2.65. The molecular weight excluding hydrogens is 296 g/mol. The van der Waals surface area contributed by atoms with Crippen molar-refractivity contribution in [1.29, 1.82) is 0 Å². The highest BCUT2D eigenvalue weighted by Crippen LogP contribution is 2.16. The summed E-state index contributed by atoms with van der Waals surface area (Å²) in [6, 6.07) is 7.26. The van der Waals surface area contributed by atoms with Crippen molar-refractivity contribution in [2.24, 2.45) is 0 Å². The predicted molar refractivity (Wildman–Crippen MR) is 77.7 cm³/mol. The lowest BCUT2D eigenvalue weighted by molar-refractivity contribution is -0.147. The molecule has 0 unspecified atom stereocenters. The molecule has 1 aromatic carbocycles. The normalized spacial score (nSPS) is 12.7. The third kappa shape index (κ3) is 7.10. The van der Waals surface area contributed by atoms with Crippen molar-refractivity contribution in [3.8, 4) is 5.75 Å². The number of rotatable bonds is 8. The molecule has 0 bridgehead atoms. The number of carbonyl (C=O) groups is 1. The molecule has 118 valence electrons. The van der Waals surface area contributed by atoms with Gasteiger partial charge in [0, 0.05) is 0 Å². The van der Waals surface area contributed by atoms with Crippen LogP contribution in [0.1, 0.15) is 18.9 Å². The number of carbonyl (C=O) groups excluding carboxylic acids is 1. The molecule has 1 rings (SSSR count). The summed E-state index contributed by atoms with van der Waals surface area (Å²) in [4.78, 5) is 11.3. The number of ether oxygens (including phenoxy) is 2. The molecule has 0 aliphatic heterocycles. The number of hydrogen-bond acceptors (Lipinski definition) is 6. The maximum atomic E-state index is 11.3. The second kappa shape index (κ2) is 7.99. The van der Waals surface area contributed by atoms with Gasteiger partial charge in [0.25, 0.3) is 10.1 Å². The van der Waals surface area contributed by atoms with Gasteiger partial charge in [-0.3, -0.25) is 4.18 Å². The SMILES string of the molecule is COC(=O)[C@@H](C)Oc1cccc(CCCOS(C)(=O)=O)c1. The van der Waals surface area contributed by atoms with Gasteiger partial charge in [-0.15, -0.1) is 0 Å². The Morgan fingerprint density at radius 3 is 2.67 bits per heavy atom. The number of methoxy groups -OCH3 is 1. The Hall–Kier alpha value is -1.60. The van der Waals surface area contributed by atoms with Crippen LogP contribution >= 0.6 is 0 Å². The van der Waals surface area contributed by atoms with E-state index < -0.39 is 22.2 Å². The van der Waals surface area contributed by atoms with E-state index in [-0.39, 0.29) is 6.61 Å². The summed E-state index contributed by atoms with van der Waals surface area (Å²) in [7, 11) is -2.09.